The monoisotopic (exact) mass is 225 g/mol. The molecule has 2 rings (SSSR count). The van der Waals surface area contributed by atoms with Gasteiger partial charge in [-0.1, -0.05) is 31.1 Å². The first-order valence-electron chi connectivity index (χ1n) is 5.76. The number of thiazole rings is 1. The van der Waals surface area contributed by atoms with E-state index in [4.69, 9.17) is 5.73 Å². The first-order valence-corrected chi connectivity index (χ1v) is 6.57. The predicted octanol–water partition coefficient (Wildman–Crippen LogP) is 2.74. The molecule has 1 aromatic rings. The number of rotatable bonds is 3. The van der Waals surface area contributed by atoms with Gasteiger partial charge in [-0.15, -0.1) is 0 Å². The average molecular weight is 225 g/mol. The van der Waals surface area contributed by atoms with Gasteiger partial charge in [0, 0.05) is 13.1 Å². The van der Waals surface area contributed by atoms with Gasteiger partial charge in [-0.2, -0.15) is 0 Å². The Morgan fingerprint density at radius 1 is 1.53 bits per heavy atom. The van der Waals surface area contributed by atoms with Gasteiger partial charge in [0.2, 0.25) is 0 Å². The summed E-state index contributed by atoms with van der Waals surface area (Å²) in [4.78, 5) is 6.70. The number of anilines is 2. The van der Waals surface area contributed by atoms with Gasteiger partial charge in [-0.25, -0.2) is 4.98 Å². The van der Waals surface area contributed by atoms with Crippen molar-refractivity contribution >= 4 is 21.5 Å². The van der Waals surface area contributed by atoms with Crippen molar-refractivity contribution in [2.45, 2.75) is 32.6 Å². The van der Waals surface area contributed by atoms with Gasteiger partial charge in [0.25, 0.3) is 0 Å². The minimum Gasteiger partial charge on any atom is -0.389 e. The Balaban J connectivity index is 1.88. The summed E-state index contributed by atoms with van der Waals surface area (Å²) in [6, 6.07) is 0. The van der Waals surface area contributed by atoms with Gasteiger partial charge in [0.1, 0.15) is 5.00 Å². The smallest absolute Gasteiger partial charge is 0.187 e. The van der Waals surface area contributed by atoms with Gasteiger partial charge in [-0.05, 0) is 18.8 Å². The van der Waals surface area contributed by atoms with E-state index in [-0.39, 0.29) is 0 Å². The second-order valence-electron chi connectivity index (χ2n) is 4.26. The summed E-state index contributed by atoms with van der Waals surface area (Å²) < 4.78 is 0. The molecule has 0 radical (unpaired) electrons. The van der Waals surface area contributed by atoms with Crippen LogP contribution in [-0.4, -0.2) is 18.1 Å². The molecule has 15 heavy (non-hydrogen) atoms. The standard InChI is InChI=1S/C11H19N3S/c1-2-3-9-4-6-14(7-5-9)11-13-8-10(12)15-11/h8-9H,2-7,12H2,1H3. The minimum absolute atomic E-state index is 0.820. The molecule has 0 unspecified atom stereocenters. The van der Waals surface area contributed by atoms with Crippen molar-refractivity contribution < 1.29 is 0 Å². The average Bonchev–Trinajstić information content (AvgIpc) is 2.67. The van der Waals surface area contributed by atoms with Crippen molar-refractivity contribution in [3.05, 3.63) is 6.20 Å². The molecule has 0 atom stereocenters. The highest BCUT2D eigenvalue weighted by Gasteiger charge is 2.20. The second kappa shape index (κ2) is 4.84. The molecule has 2 N–H and O–H groups in total. The number of nitrogens with zero attached hydrogens (tertiary/aromatic N) is 2. The van der Waals surface area contributed by atoms with Crippen LogP contribution in [0.25, 0.3) is 0 Å². The Kier molecular flexibility index (Phi) is 3.46. The Bertz CT molecular complexity index is 303. The van der Waals surface area contributed by atoms with Gasteiger partial charge in [-0.3, -0.25) is 0 Å². The van der Waals surface area contributed by atoms with Gasteiger partial charge >= 0.3 is 0 Å². The highest BCUT2D eigenvalue weighted by molar-refractivity contribution is 7.19. The van der Waals surface area contributed by atoms with Crippen molar-refractivity contribution in [1.29, 1.82) is 0 Å². The quantitative estimate of drug-likeness (QED) is 0.860. The van der Waals surface area contributed by atoms with Crippen LogP contribution >= 0.6 is 11.3 Å². The predicted molar refractivity (Wildman–Crippen MR) is 66.4 cm³/mol. The Hall–Kier alpha value is -0.770. The van der Waals surface area contributed by atoms with Crippen molar-refractivity contribution in [2.75, 3.05) is 23.7 Å². The van der Waals surface area contributed by atoms with E-state index in [1.807, 2.05) is 0 Å². The molecular weight excluding hydrogens is 206 g/mol. The van der Waals surface area contributed by atoms with E-state index in [0.29, 0.717) is 0 Å². The molecule has 84 valence electrons. The van der Waals surface area contributed by atoms with Crippen molar-refractivity contribution in [3.63, 3.8) is 0 Å². The number of nitrogens with two attached hydrogens (primary N) is 1. The number of hydrogen-bond donors (Lipinski definition) is 1. The lowest BCUT2D eigenvalue weighted by atomic mass is 9.93. The van der Waals surface area contributed by atoms with Crippen LogP contribution in [0.3, 0.4) is 0 Å². The van der Waals surface area contributed by atoms with E-state index in [9.17, 15) is 0 Å². The highest BCUT2D eigenvalue weighted by atomic mass is 32.1. The van der Waals surface area contributed by atoms with Crippen LogP contribution in [0, 0.1) is 5.92 Å². The lowest BCUT2D eigenvalue weighted by molar-refractivity contribution is 0.378. The van der Waals surface area contributed by atoms with Crippen LogP contribution in [0.1, 0.15) is 32.6 Å². The molecule has 1 saturated heterocycles. The minimum atomic E-state index is 0.820. The summed E-state index contributed by atoms with van der Waals surface area (Å²) in [6.07, 6.45) is 7.08. The van der Waals surface area contributed by atoms with Crippen LogP contribution in [0.2, 0.25) is 0 Å². The van der Waals surface area contributed by atoms with Crippen LogP contribution in [-0.2, 0) is 0 Å². The zero-order valence-corrected chi connectivity index (χ0v) is 10.1. The summed E-state index contributed by atoms with van der Waals surface area (Å²) >= 11 is 1.60. The summed E-state index contributed by atoms with van der Waals surface area (Å²) in [5.41, 5.74) is 5.69. The van der Waals surface area contributed by atoms with Crippen LogP contribution in [0.5, 0.6) is 0 Å². The molecule has 0 spiro atoms. The van der Waals surface area contributed by atoms with Gasteiger partial charge < -0.3 is 10.6 Å². The molecular formula is C11H19N3S. The maximum Gasteiger partial charge on any atom is 0.187 e. The topological polar surface area (TPSA) is 42.2 Å². The van der Waals surface area contributed by atoms with Gasteiger partial charge in [0.15, 0.2) is 5.13 Å². The molecule has 0 amide bonds. The summed E-state index contributed by atoms with van der Waals surface area (Å²) in [5.74, 6) is 0.934. The zero-order chi connectivity index (χ0) is 10.7. The molecule has 0 aromatic carbocycles. The number of nitrogen functional groups attached to an aromatic ring is 1. The third kappa shape index (κ3) is 2.62. The molecule has 1 aliphatic rings. The number of hydrogen-bond acceptors (Lipinski definition) is 4. The van der Waals surface area contributed by atoms with Crippen molar-refractivity contribution in [3.8, 4) is 0 Å². The van der Waals surface area contributed by atoms with E-state index in [1.54, 1.807) is 17.5 Å². The van der Waals surface area contributed by atoms with Crippen molar-refractivity contribution in [1.82, 2.24) is 4.98 Å². The molecule has 4 heteroatoms. The maximum atomic E-state index is 5.69. The molecule has 1 fully saturated rings. The Morgan fingerprint density at radius 3 is 2.80 bits per heavy atom. The van der Waals surface area contributed by atoms with E-state index in [1.165, 1.54) is 25.7 Å². The molecule has 3 nitrogen and oxygen atoms in total. The highest BCUT2D eigenvalue weighted by Crippen LogP contribution is 2.29. The zero-order valence-electron chi connectivity index (χ0n) is 9.28. The second-order valence-corrected chi connectivity index (χ2v) is 5.30. The fourth-order valence-electron chi connectivity index (χ4n) is 2.24. The largest absolute Gasteiger partial charge is 0.389 e. The first-order chi connectivity index (χ1) is 7.29. The normalized spacial score (nSPS) is 18.3. The number of aromatic nitrogens is 1. The summed E-state index contributed by atoms with van der Waals surface area (Å²) in [6.45, 7) is 4.57. The van der Waals surface area contributed by atoms with Crippen LogP contribution in [0.4, 0.5) is 10.1 Å². The molecule has 2 heterocycles. The molecule has 0 saturated carbocycles. The van der Waals surface area contributed by atoms with E-state index >= 15 is 0 Å². The first kappa shape index (κ1) is 10.7. The molecule has 0 aliphatic carbocycles. The van der Waals surface area contributed by atoms with Crippen molar-refractivity contribution in [2.24, 2.45) is 5.92 Å². The molecule has 1 aliphatic heterocycles. The van der Waals surface area contributed by atoms with E-state index in [0.717, 1.165) is 29.1 Å². The fraction of sp³-hybridized carbons (Fsp3) is 0.727. The van der Waals surface area contributed by atoms with E-state index < -0.39 is 0 Å². The van der Waals surface area contributed by atoms with Crippen LogP contribution in [0.15, 0.2) is 6.20 Å². The molecule has 1 aromatic heterocycles. The maximum absolute atomic E-state index is 5.69. The lowest BCUT2D eigenvalue weighted by Crippen LogP contribution is -2.33. The third-order valence-electron chi connectivity index (χ3n) is 3.09. The Labute approximate surface area is 95.3 Å². The molecule has 0 bridgehead atoms. The summed E-state index contributed by atoms with van der Waals surface area (Å²) in [5, 5.41) is 1.92. The Morgan fingerprint density at radius 2 is 2.27 bits per heavy atom. The fourth-order valence-corrected chi connectivity index (χ4v) is 2.98. The van der Waals surface area contributed by atoms with E-state index in [2.05, 4.69) is 16.8 Å². The third-order valence-corrected chi connectivity index (χ3v) is 3.98. The van der Waals surface area contributed by atoms with Crippen LogP contribution < -0.4 is 10.6 Å². The SMILES string of the molecule is CCCC1CCN(c2ncc(N)s2)CC1. The van der Waals surface area contributed by atoms with Gasteiger partial charge in [0.05, 0.1) is 6.20 Å². The summed E-state index contributed by atoms with van der Waals surface area (Å²) in [7, 11) is 0. The number of piperidine rings is 1. The lowest BCUT2D eigenvalue weighted by Gasteiger charge is -2.31.